The number of hydrogen-bond donors (Lipinski definition) is 4. The molecule has 1 aromatic heterocycles. The molecule has 0 aliphatic carbocycles. The summed E-state index contributed by atoms with van der Waals surface area (Å²) in [5.74, 6) is 8.11. The third-order valence-corrected chi connectivity index (χ3v) is 15.3. The van der Waals surface area contributed by atoms with Crippen LogP contribution >= 0.6 is 19.3 Å². The standard InChI is InChI=1S/C22H23O9PS3.C14H21NO4.C8H7N4.3Na.Tc/c1-32(14-17-5-2-8-20(11-17)33-31-30-23,15-18-6-3-9-21(12-18)34(24,25)26)16-19-7-4-10-22(13-19)35(27,28)29;1-15(14(9-16,10-17)11-18-2)8-12-6-4-5-7-13(12)19-3;9-11-8-7-4-2-1-3-6(7)5-10-12-8;;;;/h2-13,23H,1,14-16H2,(H,24,25,26)(H,27,28,29);4-7,15-17H,1-3,8-11H2;1-5,9H,(H,11,12);;;;/q;-2;-1;3*+1;+5/p-3. The Morgan fingerprint density at radius 3 is 1.79 bits per heavy atom. The van der Waals surface area contributed by atoms with Crippen molar-refractivity contribution in [2.45, 2.75) is 45.3 Å². The van der Waals surface area contributed by atoms with E-state index in [2.05, 4.69) is 52.9 Å². The van der Waals surface area contributed by atoms with Crippen molar-refractivity contribution in [3.05, 3.63) is 184 Å². The van der Waals surface area contributed by atoms with E-state index < -0.39 is 33.0 Å². The van der Waals surface area contributed by atoms with Gasteiger partial charge in [0.2, 0.25) is 0 Å². The summed E-state index contributed by atoms with van der Waals surface area (Å²) in [6, 6.07) is 33.6. The molecule has 0 saturated carbocycles. The van der Waals surface area contributed by atoms with E-state index >= 15 is 0 Å². The van der Waals surface area contributed by atoms with Crippen LogP contribution in [0.4, 0.5) is 5.82 Å². The molecule has 70 heavy (non-hydrogen) atoms. The van der Waals surface area contributed by atoms with Crippen LogP contribution in [0.2, 0.25) is 0 Å². The topological polar surface area (TPSA) is 281 Å². The van der Waals surface area contributed by atoms with Crippen molar-refractivity contribution in [3.8, 4) is 5.75 Å². The third-order valence-electron chi connectivity index (χ3n) is 9.94. The Kier molecular flexibility index (Phi) is 33.3. The van der Waals surface area contributed by atoms with Gasteiger partial charge >= 0.3 is 109 Å². The minimum atomic E-state index is -4.65. The molecule has 358 valence electrons. The molecule has 0 fully saturated rings. The first kappa shape index (κ1) is 69.0. The van der Waals surface area contributed by atoms with Crippen LogP contribution in [0.25, 0.3) is 16.6 Å². The Morgan fingerprint density at radius 2 is 1.29 bits per heavy atom. The molecule has 1 unspecified atom stereocenters. The molecule has 18 nitrogen and oxygen atoms in total. The fraction of sp³-hybridized carbons (Fsp3) is 0.182. The van der Waals surface area contributed by atoms with Crippen molar-refractivity contribution in [2.24, 2.45) is 0 Å². The summed E-state index contributed by atoms with van der Waals surface area (Å²) in [6.45, 7) is 4.51. The minimum Gasteiger partial charge on any atom is -0.744 e. The van der Waals surface area contributed by atoms with E-state index in [1.165, 1.54) is 36.4 Å². The zero-order valence-corrected chi connectivity index (χ0v) is 49.9. The molecule has 5 N–H and O–H groups in total. The summed E-state index contributed by atoms with van der Waals surface area (Å²) in [6.07, 6.45) is 2.79. The molecule has 0 radical (unpaired) electrons. The number of aliphatic hydroxyl groups is 2. The number of ether oxygens (including phenoxy) is 2. The number of hydrogen-bond acceptors (Lipinski definition) is 17. The summed E-state index contributed by atoms with van der Waals surface area (Å²) < 4.78 is 83.2. The molecule has 0 saturated heterocycles. The van der Waals surface area contributed by atoms with E-state index in [1.54, 1.807) is 42.6 Å². The van der Waals surface area contributed by atoms with Gasteiger partial charge in [0.1, 0.15) is 44.8 Å². The maximum atomic E-state index is 11.5. The van der Waals surface area contributed by atoms with Gasteiger partial charge in [-0.3, -0.25) is 5.04 Å². The van der Waals surface area contributed by atoms with Crippen LogP contribution in [0.3, 0.4) is 0 Å². The van der Waals surface area contributed by atoms with Crippen LogP contribution in [0.15, 0.2) is 142 Å². The quantitative estimate of drug-likeness (QED) is 0.0108. The minimum absolute atomic E-state index is 0. The van der Waals surface area contributed by atoms with Crippen LogP contribution in [0.1, 0.15) is 22.3 Å². The normalized spacial score (nSPS) is 11.6. The fourth-order valence-electron chi connectivity index (χ4n) is 6.67. The molecular formula is C44H48N5Na3O13PS3Tc+2. The summed E-state index contributed by atoms with van der Waals surface area (Å²) in [7, 11) is -0.964. The van der Waals surface area contributed by atoms with Gasteiger partial charge in [-0.15, -0.1) is 19.4 Å². The SMILES string of the molecule is [CH2-]OCC(CO)(CO)[NH+]([CH2-])Cc1ccccc1O[CH2-].[CH2-][P+](Cc1cccc(SOO[O-])c1)(Cc1cccc(S(=O)(=O)[O-])c1)Cc1cccc(S(=O)(=O)[O-])c1.[NH-]Nc1nncc2ccccc12.[Na+].[Na+].[Na+].[Tc+5]. The molecule has 5 aromatic carbocycles. The summed E-state index contributed by atoms with van der Waals surface area (Å²) in [4.78, 5) is 0.553. The first-order valence-corrected chi connectivity index (χ1v) is 25.4. The van der Waals surface area contributed by atoms with Crippen molar-refractivity contribution in [2.75, 3.05) is 25.2 Å². The Hall–Kier alpha value is -1.03. The summed E-state index contributed by atoms with van der Waals surface area (Å²) in [5, 5.41) is 42.0. The number of quaternary nitrogens is 1. The fourth-order valence-corrected chi connectivity index (χ4v) is 11.4. The van der Waals surface area contributed by atoms with Crippen molar-refractivity contribution >= 4 is 56.1 Å². The van der Waals surface area contributed by atoms with Crippen molar-refractivity contribution < 1.29 is 174 Å². The summed E-state index contributed by atoms with van der Waals surface area (Å²) in [5.41, 5.74) is 4.25. The maximum Gasteiger partial charge on any atom is 5.00 e. The molecular weight excluding hydrogens is 1100 g/mol. The molecule has 0 aliphatic rings. The molecule has 1 atom stereocenters. The van der Waals surface area contributed by atoms with E-state index in [0.717, 1.165) is 33.9 Å². The largest absolute Gasteiger partial charge is 5.00 e. The molecule has 6 rings (SSSR count). The average molecular weight is 1150 g/mol. The van der Waals surface area contributed by atoms with E-state index in [1.807, 2.05) is 48.5 Å². The number of rotatable bonds is 20. The molecule has 1 heterocycles. The molecule has 0 bridgehead atoms. The van der Waals surface area contributed by atoms with Crippen molar-refractivity contribution in [1.29, 1.82) is 0 Å². The molecule has 6 aromatic rings. The predicted molar refractivity (Wildman–Crippen MR) is 245 cm³/mol. The number of fused-ring (bicyclic) bond motifs is 1. The number of para-hydroxylation sites is 1. The Labute approximate surface area is 494 Å². The van der Waals surface area contributed by atoms with Gasteiger partial charge in [-0.2, -0.15) is 23.2 Å². The van der Waals surface area contributed by atoms with Gasteiger partial charge in [-0.25, -0.2) is 23.9 Å². The Balaban J connectivity index is 0.00000114. The molecule has 26 heteroatoms. The second-order valence-corrected chi connectivity index (χ2v) is 21.9. The smallest absolute Gasteiger partial charge is 0.744 e. The first-order chi connectivity index (χ1) is 31.4. The third kappa shape index (κ3) is 21.7. The predicted octanol–water partition coefficient (Wildman–Crippen LogP) is -3.98. The maximum absolute atomic E-state index is 11.5. The molecule has 0 spiro atoms. The van der Waals surface area contributed by atoms with Crippen molar-refractivity contribution in [3.63, 3.8) is 0 Å². The van der Waals surface area contributed by atoms with Gasteiger partial charge in [0.25, 0.3) is 0 Å². The van der Waals surface area contributed by atoms with E-state index in [4.69, 9.17) is 15.3 Å². The van der Waals surface area contributed by atoms with Crippen molar-refractivity contribution in [1.82, 2.24) is 10.2 Å². The number of nitrogens with one attached hydrogen (secondary N) is 3. The first-order valence-electron chi connectivity index (χ1n) is 19.4. The zero-order valence-electron chi connectivity index (χ0n) is 38.7. The van der Waals surface area contributed by atoms with Gasteiger partial charge < -0.3 is 50.2 Å². The van der Waals surface area contributed by atoms with E-state index in [9.17, 15) is 41.4 Å². The second kappa shape index (κ2) is 33.8. The van der Waals surface area contributed by atoms with Crippen LogP contribution in [-0.4, -0.2) is 71.7 Å². The zero-order chi connectivity index (χ0) is 48.4. The number of anilines is 1. The molecule has 0 aliphatic heterocycles. The van der Waals surface area contributed by atoms with Gasteiger partial charge in [-0.1, -0.05) is 72.8 Å². The van der Waals surface area contributed by atoms with E-state index in [-0.39, 0.29) is 138 Å². The van der Waals surface area contributed by atoms with Gasteiger partial charge in [0.15, 0.2) is 0 Å². The van der Waals surface area contributed by atoms with E-state index in [0.29, 0.717) is 57.5 Å². The van der Waals surface area contributed by atoms with Gasteiger partial charge in [-0.05, 0) is 65.2 Å². The molecule has 0 amide bonds. The average Bonchev–Trinajstić information content (AvgIpc) is 3.30. The van der Waals surface area contributed by atoms with Crippen LogP contribution in [-0.2, 0) is 79.5 Å². The number of aromatic nitrogens is 2. The number of aliphatic hydroxyl groups excluding tert-OH is 2. The number of nitrogens with zero attached hydrogens (tertiary/aromatic N) is 2. The monoisotopic (exact) mass is 1150 g/mol. The Morgan fingerprint density at radius 1 is 0.771 bits per heavy atom. The van der Waals surface area contributed by atoms with Crippen LogP contribution in [0, 0.1) is 27.9 Å². The van der Waals surface area contributed by atoms with Gasteiger partial charge in [0, 0.05) is 21.2 Å². The van der Waals surface area contributed by atoms with Gasteiger partial charge in [0.05, 0.1) is 65.4 Å². The Bertz CT molecular complexity index is 2640. The van der Waals surface area contributed by atoms with Crippen LogP contribution in [0.5, 0.6) is 5.75 Å². The summed E-state index contributed by atoms with van der Waals surface area (Å²) >= 11 is 0.732. The van der Waals surface area contributed by atoms with Crippen LogP contribution < -0.4 is 109 Å². The second-order valence-electron chi connectivity index (χ2n) is 14.8. The number of benzene rings is 5.